The summed E-state index contributed by atoms with van der Waals surface area (Å²) in [6.07, 6.45) is -3.83. The van der Waals surface area contributed by atoms with Crippen molar-refractivity contribution < 1.29 is 22.7 Å². The number of ether oxygens (including phenoxy) is 1. The summed E-state index contributed by atoms with van der Waals surface area (Å²) in [5.41, 5.74) is 3.57. The van der Waals surface area contributed by atoms with Crippen LogP contribution in [0.2, 0.25) is 0 Å². The maximum atomic E-state index is 12.5. The number of nitrogens with zero attached hydrogens (tertiary/aromatic N) is 1. The third-order valence-corrected chi connectivity index (χ3v) is 6.20. The van der Waals surface area contributed by atoms with E-state index >= 15 is 0 Å². The Labute approximate surface area is 211 Å². The number of halogens is 3. The number of aromatic nitrogens is 1. The van der Waals surface area contributed by atoms with Crippen molar-refractivity contribution in [3.8, 4) is 5.75 Å². The number of carbonyl (C=O) groups is 1. The Morgan fingerprint density at radius 1 is 0.917 bits per heavy atom. The van der Waals surface area contributed by atoms with E-state index in [1.165, 1.54) is 46.7 Å². The molecular weight excluding hydrogens is 487 g/mol. The summed E-state index contributed by atoms with van der Waals surface area (Å²) in [6.45, 7) is 0.523. The van der Waals surface area contributed by atoms with Crippen molar-refractivity contribution in [1.82, 2.24) is 10.3 Å². The highest BCUT2D eigenvalue weighted by Gasteiger charge is 2.31. The highest BCUT2D eigenvalue weighted by atomic mass is 32.1. The van der Waals surface area contributed by atoms with Gasteiger partial charge in [0.1, 0.15) is 5.75 Å². The lowest BCUT2D eigenvalue weighted by Crippen LogP contribution is -2.27. The molecule has 1 amide bonds. The number of carbonyl (C=O) groups excluding carboxylic acids is 1. The zero-order chi connectivity index (χ0) is 25.4. The number of hydrogen-bond donors (Lipinski definition) is 2. The maximum Gasteiger partial charge on any atom is 0.573 e. The highest BCUT2D eigenvalue weighted by molar-refractivity contribution is 7.13. The molecule has 4 aromatic rings. The van der Waals surface area contributed by atoms with E-state index in [1.54, 1.807) is 5.38 Å². The lowest BCUT2D eigenvalue weighted by Gasteiger charge is -2.18. The van der Waals surface area contributed by atoms with Crippen molar-refractivity contribution in [3.63, 3.8) is 0 Å². The summed E-state index contributed by atoms with van der Waals surface area (Å²) >= 11 is 1.31. The molecule has 2 N–H and O–H groups in total. The van der Waals surface area contributed by atoms with E-state index in [9.17, 15) is 18.0 Å². The van der Waals surface area contributed by atoms with Crippen molar-refractivity contribution in [2.24, 2.45) is 0 Å². The number of hydrogen-bond acceptors (Lipinski definition) is 5. The van der Waals surface area contributed by atoms with Crippen LogP contribution in [0.15, 0.2) is 90.3 Å². The minimum Gasteiger partial charge on any atom is -0.406 e. The van der Waals surface area contributed by atoms with Gasteiger partial charge in [0.15, 0.2) is 5.13 Å². The molecule has 0 saturated carbocycles. The second kappa shape index (κ2) is 11.7. The largest absolute Gasteiger partial charge is 0.573 e. The molecule has 0 radical (unpaired) electrons. The third-order valence-electron chi connectivity index (χ3n) is 5.39. The Hall–Kier alpha value is -3.85. The number of rotatable bonds is 10. The number of thiazole rings is 1. The van der Waals surface area contributed by atoms with Gasteiger partial charge < -0.3 is 15.4 Å². The molecule has 1 aromatic heterocycles. The Bertz CT molecular complexity index is 1210. The fourth-order valence-electron chi connectivity index (χ4n) is 3.79. The van der Waals surface area contributed by atoms with Crippen molar-refractivity contribution in [3.05, 3.63) is 107 Å². The van der Waals surface area contributed by atoms with Crippen LogP contribution in [0.25, 0.3) is 0 Å². The average molecular weight is 512 g/mol. The number of alkyl halides is 3. The first-order valence-electron chi connectivity index (χ1n) is 11.3. The first-order chi connectivity index (χ1) is 17.4. The summed E-state index contributed by atoms with van der Waals surface area (Å²) in [6, 6.07) is 25.8. The van der Waals surface area contributed by atoms with Crippen LogP contribution < -0.4 is 15.4 Å². The molecule has 0 bridgehead atoms. The molecule has 186 valence electrons. The zero-order valence-corrected chi connectivity index (χ0v) is 20.0. The van der Waals surface area contributed by atoms with Crippen molar-refractivity contribution in [2.75, 3.05) is 11.9 Å². The fraction of sp³-hybridized carbons (Fsp3) is 0.185. The monoisotopic (exact) mass is 511 g/mol. The molecule has 0 aliphatic carbocycles. The minimum atomic E-state index is -4.73. The SMILES string of the molecule is O=C(Cc1csc(Nc2ccc(OC(F)(F)F)cc2)n1)NCCC(c1ccccc1)c1ccccc1. The molecule has 5 nitrogen and oxygen atoms in total. The smallest absolute Gasteiger partial charge is 0.406 e. The Kier molecular flexibility index (Phi) is 8.22. The topological polar surface area (TPSA) is 63.2 Å². The van der Waals surface area contributed by atoms with E-state index in [0.717, 1.165) is 6.42 Å². The van der Waals surface area contributed by atoms with Gasteiger partial charge in [-0.3, -0.25) is 4.79 Å². The van der Waals surface area contributed by atoms with E-state index in [4.69, 9.17) is 0 Å². The predicted molar refractivity (Wildman–Crippen MR) is 135 cm³/mol. The van der Waals surface area contributed by atoms with Gasteiger partial charge >= 0.3 is 6.36 Å². The standard InChI is InChI=1S/C27H24F3N3O2S/c28-27(29,30)35-23-13-11-21(12-14-23)32-26-33-22(18-36-26)17-25(34)31-16-15-24(19-7-3-1-4-8-19)20-9-5-2-6-10-20/h1-14,18,24H,15-17H2,(H,31,34)(H,32,33). The minimum absolute atomic E-state index is 0.125. The second-order valence-electron chi connectivity index (χ2n) is 8.03. The molecule has 3 aromatic carbocycles. The van der Waals surface area contributed by atoms with Crippen LogP contribution in [0.1, 0.15) is 29.2 Å². The molecule has 0 saturated heterocycles. The van der Waals surface area contributed by atoms with E-state index in [-0.39, 0.29) is 24.0 Å². The highest BCUT2D eigenvalue weighted by Crippen LogP contribution is 2.28. The Morgan fingerprint density at radius 2 is 1.53 bits per heavy atom. The van der Waals surface area contributed by atoms with Crippen LogP contribution in [0, 0.1) is 0 Å². The van der Waals surface area contributed by atoms with Crippen LogP contribution in [0.4, 0.5) is 24.0 Å². The number of nitrogens with one attached hydrogen (secondary N) is 2. The maximum absolute atomic E-state index is 12.5. The van der Waals surface area contributed by atoms with Crippen LogP contribution >= 0.6 is 11.3 Å². The predicted octanol–water partition coefficient (Wildman–Crippen LogP) is 6.67. The molecular formula is C27H24F3N3O2S. The molecule has 4 rings (SSSR count). The summed E-state index contributed by atoms with van der Waals surface area (Å²) in [5.74, 6) is -0.248. The van der Waals surface area contributed by atoms with Crippen molar-refractivity contribution in [2.45, 2.75) is 25.1 Å². The Morgan fingerprint density at radius 3 is 2.11 bits per heavy atom. The summed E-state index contributed by atoms with van der Waals surface area (Å²) in [5, 5.41) is 8.32. The molecule has 0 spiro atoms. The number of benzene rings is 3. The van der Waals surface area contributed by atoms with Crippen molar-refractivity contribution >= 4 is 28.1 Å². The Balaban J connectivity index is 1.28. The lowest BCUT2D eigenvalue weighted by atomic mass is 9.88. The molecule has 0 fully saturated rings. The summed E-state index contributed by atoms with van der Waals surface area (Å²) < 4.78 is 40.7. The van der Waals surface area contributed by atoms with Gasteiger partial charge in [0, 0.05) is 23.5 Å². The first-order valence-corrected chi connectivity index (χ1v) is 12.2. The van der Waals surface area contributed by atoms with Crippen LogP contribution in [-0.2, 0) is 11.2 Å². The summed E-state index contributed by atoms with van der Waals surface area (Å²) in [4.78, 5) is 16.9. The van der Waals surface area contributed by atoms with Crippen LogP contribution in [-0.4, -0.2) is 23.8 Å². The quantitative estimate of drug-likeness (QED) is 0.250. The van der Waals surface area contributed by atoms with Gasteiger partial charge in [0.05, 0.1) is 12.1 Å². The fourth-order valence-corrected chi connectivity index (χ4v) is 4.52. The van der Waals surface area contributed by atoms with E-state index in [0.29, 0.717) is 23.1 Å². The van der Waals surface area contributed by atoms with Crippen LogP contribution in [0.5, 0.6) is 5.75 Å². The molecule has 1 heterocycles. The average Bonchev–Trinajstić information content (AvgIpc) is 3.29. The second-order valence-corrected chi connectivity index (χ2v) is 8.89. The molecule has 0 atom stereocenters. The normalized spacial score (nSPS) is 11.3. The van der Waals surface area contributed by atoms with Gasteiger partial charge in [-0.25, -0.2) is 4.98 Å². The van der Waals surface area contributed by atoms with Gasteiger partial charge in [-0.15, -0.1) is 24.5 Å². The van der Waals surface area contributed by atoms with E-state index in [2.05, 4.69) is 44.6 Å². The van der Waals surface area contributed by atoms with Gasteiger partial charge in [-0.2, -0.15) is 0 Å². The number of amides is 1. The van der Waals surface area contributed by atoms with Gasteiger partial charge in [-0.1, -0.05) is 60.7 Å². The van der Waals surface area contributed by atoms with Gasteiger partial charge in [0.2, 0.25) is 5.91 Å². The molecule has 0 unspecified atom stereocenters. The summed E-state index contributed by atoms with van der Waals surface area (Å²) in [7, 11) is 0. The van der Waals surface area contributed by atoms with Crippen LogP contribution in [0.3, 0.4) is 0 Å². The van der Waals surface area contributed by atoms with Crippen molar-refractivity contribution in [1.29, 1.82) is 0 Å². The zero-order valence-electron chi connectivity index (χ0n) is 19.2. The van der Waals surface area contributed by atoms with E-state index in [1.807, 2.05) is 36.4 Å². The van der Waals surface area contributed by atoms with Gasteiger partial charge in [-0.05, 0) is 41.8 Å². The first kappa shape index (κ1) is 25.2. The van der Waals surface area contributed by atoms with E-state index < -0.39 is 6.36 Å². The molecule has 9 heteroatoms. The number of anilines is 2. The molecule has 0 aliphatic heterocycles. The van der Waals surface area contributed by atoms with Gasteiger partial charge in [0.25, 0.3) is 0 Å². The molecule has 0 aliphatic rings. The molecule has 36 heavy (non-hydrogen) atoms. The lowest BCUT2D eigenvalue weighted by molar-refractivity contribution is -0.274. The third kappa shape index (κ3) is 7.58.